The number of amides is 2. The van der Waals surface area contributed by atoms with E-state index in [4.69, 9.17) is 27.9 Å². The fraction of sp³-hybridized carbons (Fsp3) is 0.160. The third-order valence-electron chi connectivity index (χ3n) is 4.78. The monoisotopic (exact) mass is 484 g/mol. The Hall–Kier alpha value is -3.35. The number of carbonyl (C=O) groups excluding carboxylic acids is 3. The van der Waals surface area contributed by atoms with Crippen molar-refractivity contribution in [3.8, 4) is 0 Å². The number of esters is 1. The van der Waals surface area contributed by atoms with Gasteiger partial charge in [0.1, 0.15) is 0 Å². The van der Waals surface area contributed by atoms with Crippen LogP contribution in [0.1, 0.15) is 35.3 Å². The van der Waals surface area contributed by atoms with Gasteiger partial charge in [0.25, 0.3) is 11.8 Å². The van der Waals surface area contributed by atoms with Gasteiger partial charge in [0, 0.05) is 10.6 Å². The van der Waals surface area contributed by atoms with E-state index in [9.17, 15) is 14.4 Å². The van der Waals surface area contributed by atoms with E-state index >= 15 is 0 Å². The first-order valence-corrected chi connectivity index (χ1v) is 11.0. The van der Waals surface area contributed by atoms with Crippen molar-refractivity contribution in [2.45, 2.75) is 25.5 Å². The van der Waals surface area contributed by atoms with E-state index in [2.05, 4.69) is 10.6 Å². The van der Waals surface area contributed by atoms with E-state index in [1.54, 1.807) is 36.4 Å². The number of hydrogen-bond acceptors (Lipinski definition) is 4. The van der Waals surface area contributed by atoms with Gasteiger partial charge in [-0.3, -0.25) is 14.4 Å². The maximum atomic E-state index is 12.7. The van der Waals surface area contributed by atoms with Gasteiger partial charge in [0.2, 0.25) is 0 Å². The van der Waals surface area contributed by atoms with Crippen molar-refractivity contribution in [1.29, 1.82) is 0 Å². The van der Waals surface area contributed by atoms with Crippen molar-refractivity contribution in [2.75, 3.05) is 5.32 Å². The number of anilines is 1. The molecule has 0 saturated carbocycles. The minimum absolute atomic E-state index is 0.151. The normalized spacial score (nSPS) is 12.3. The molecule has 8 heteroatoms. The second-order valence-electron chi connectivity index (χ2n) is 7.25. The van der Waals surface area contributed by atoms with Gasteiger partial charge < -0.3 is 15.4 Å². The summed E-state index contributed by atoms with van der Waals surface area (Å²) in [6.07, 6.45) is -1.23. The zero-order chi connectivity index (χ0) is 23.8. The lowest BCUT2D eigenvalue weighted by atomic mass is 10.0. The molecule has 33 heavy (non-hydrogen) atoms. The Bertz CT molecular complexity index is 1120. The first-order valence-electron chi connectivity index (χ1n) is 10.2. The van der Waals surface area contributed by atoms with Gasteiger partial charge in [-0.2, -0.15) is 0 Å². The van der Waals surface area contributed by atoms with E-state index in [1.165, 1.54) is 13.0 Å². The second-order valence-corrected chi connectivity index (χ2v) is 8.10. The van der Waals surface area contributed by atoms with Gasteiger partial charge in [0.05, 0.1) is 23.2 Å². The van der Waals surface area contributed by atoms with Crippen molar-refractivity contribution in [3.63, 3.8) is 0 Å². The Balaban J connectivity index is 1.65. The van der Waals surface area contributed by atoms with Crippen LogP contribution in [0.2, 0.25) is 10.0 Å². The van der Waals surface area contributed by atoms with Crippen molar-refractivity contribution < 1.29 is 19.1 Å². The summed E-state index contributed by atoms with van der Waals surface area (Å²) < 4.78 is 5.32. The minimum atomic E-state index is -1.08. The number of ether oxygens (including phenoxy) is 1. The molecule has 0 aromatic heterocycles. The highest BCUT2D eigenvalue weighted by atomic mass is 35.5. The van der Waals surface area contributed by atoms with Crippen LogP contribution in [0.4, 0.5) is 5.69 Å². The Morgan fingerprint density at radius 3 is 2.18 bits per heavy atom. The molecule has 0 radical (unpaired) electrons. The molecule has 3 aromatic carbocycles. The number of halogens is 2. The van der Waals surface area contributed by atoms with E-state index in [0.717, 1.165) is 5.56 Å². The predicted octanol–water partition coefficient (Wildman–Crippen LogP) is 5.43. The largest absolute Gasteiger partial charge is 0.452 e. The first kappa shape index (κ1) is 24.3. The van der Waals surface area contributed by atoms with Crippen LogP contribution in [0.25, 0.3) is 0 Å². The lowest BCUT2D eigenvalue weighted by Gasteiger charge is -2.20. The summed E-state index contributed by atoms with van der Waals surface area (Å²) in [6, 6.07) is 21.8. The van der Waals surface area contributed by atoms with Crippen molar-refractivity contribution in [3.05, 3.63) is 100 Å². The fourth-order valence-electron chi connectivity index (χ4n) is 3.06. The number of hydrogen-bond donors (Lipinski definition) is 2. The Morgan fingerprint density at radius 1 is 0.909 bits per heavy atom. The van der Waals surface area contributed by atoms with Crippen LogP contribution in [-0.4, -0.2) is 23.9 Å². The van der Waals surface area contributed by atoms with Gasteiger partial charge in [-0.05, 0) is 42.8 Å². The Morgan fingerprint density at radius 2 is 1.55 bits per heavy atom. The van der Waals surface area contributed by atoms with E-state index in [0.29, 0.717) is 16.3 Å². The molecule has 3 aromatic rings. The molecule has 0 saturated heterocycles. The molecule has 0 aliphatic rings. The third-order valence-corrected chi connectivity index (χ3v) is 5.33. The topological polar surface area (TPSA) is 84.5 Å². The standard InChI is InChI=1S/C25H22Cl2N2O4/c1-16(24(31)28-21-13-12-19(26)14-20(21)27)33-23(30)15-22(17-8-4-2-5-9-17)29-25(32)18-10-6-3-7-11-18/h2-14,16,22H,15H2,1H3,(H,28,31)(H,29,32). The highest BCUT2D eigenvalue weighted by molar-refractivity contribution is 6.36. The lowest BCUT2D eigenvalue weighted by Crippen LogP contribution is -2.33. The number of benzene rings is 3. The van der Waals surface area contributed by atoms with Crippen LogP contribution in [0.15, 0.2) is 78.9 Å². The molecule has 0 heterocycles. The van der Waals surface area contributed by atoms with E-state index in [1.807, 2.05) is 36.4 Å². The van der Waals surface area contributed by atoms with Gasteiger partial charge in [0.15, 0.2) is 6.10 Å². The van der Waals surface area contributed by atoms with Crippen molar-refractivity contribution >= 4 is 46.7 Å². The first-order chi connectivity index (χ1) is 15.8. The summed E-state index contributed by atoms with van der Waals surface area (Å²) >= 11 is 11.9. The molecule has 6 nitrogen and oxygen atoms in total. The average molecular weight is 485 g/mol. The van der Waals surface area contributed by atoms with Gasteiger partial charge in [-0.15, -0.1) is 0 Å². The van der Waals surface area contributed by atoms with Gasteiger partial charge >= 0.3 is 5.97 Å². The van der Waals surface area contributed by atoms with Gasteiger partial charge in [-0.1, -0.05) is 71.7 Å². The maximum absolute atomic E-state index is 12.7. The summed E-state index contributed by atoms with van der Waals surface area (Å²) in [7, 11) is 0. The molecule has 2 amide bonds. The van der Waals surface area contributed by atoms with Crippen LogP contribution >= 0.6 is 23.2 Å². The summed E-state index contributed by atoms with van der Waals surface area (Å²) in [6.45, 7) is 1.46. The van der Waals surface area contributed by atoms with Gasteiger partial charge in [-0.25, -0.2) is 0 Å². The maximum Gasteiger partial charge on any atom is 0.309 e. The quantitative estimate of drug-likeness (QED) is 0.417. The van der Waals surface area contributed by atoms with E-state index < -0.39 is 24.0 Å². The highest BCUT2D eigenvalue weighted by Crippen LogP contribution is 2.25. The summed E-state index contributed by atoms with van der Waals surface area (Å²) in [5, 5.41) is 6.17. The summed E-state index contributed by atoms with van der Waals surface area (Å²) in [5.74, 6) is -1.50. The zero-order valence-electron chi connectivity index (χ0n) is 17.8. The number of carbonyl (C=O) groups is 3. The number of rotatable bonds is 8. The molecule has 170 valence electrons. The lowest BCUT2D eigenvalue weighted by molar-refractivity contribution is -0.153. The minimum Gasteiger partial charge on any atom is -0.452 e. The molecular formula is C25H22Cl2N2O4. The van der Waals surface area contributed by atoms with Crippen LogP contribution in [0, 0.1) is 0 Å². The third kappa shape index (κ3) is 7.07. The van der Waals surface area contributed by atoms with E-state index in [-0.39, 0.29) is 17.4 Å². The molecule has 3 rings (SSSR count). The molecule has 2 unspecified atom stereocenters. The fourth-order valence-corrected chi connectivity index (χ4v) is 3.52. The van der Waals surface area contributed by atoms with Crippen molar-refractivity contribution in [2.24, 2.45) is 0 Å². The molecular weight excluding hydrogens is 463 g/mol. The molecule has 0 fully saturated rings. The highest BCUT2D eigenvalue weighted by Gasteiger charge is 2.24. The predicted molar refractivity (Wildman–Crippen MR) is 128 cm³/mol. The Labute approximate surface area is 201 Å². The molecule has 0 aliphatic carbocycles. The number of nitrogens with one attached hydrogen (secondary N) is 2. The molecule has 0 aliphatic heterocycles. The molecule has 2 N–H and O–H groups in total. The molecule has 2 atom stereocenters. The van der Waals surface area contributed by atoms with Crippen LogP contribution in [0.3, 0.4) is 0 Å². The summed E-state index contributed by atoms with van der Waals surface area (Å²) in [4.78, 5) is 37.7. The summed E-state index contributed by atoms with van der Waals surface area (Å²) in [5.41, 5.74) is 1.56. The second kappa shape index (κ2) is 11.5. The van der Waals surface area contributed by atoms with Crippen LogP contribution in [0.5, 0.6) is 0 Å². The molecule has 0 bridgehead atoms. The van der Waals surface area contributed by atoms with Crippen LogP contribution in [-0.2, 0) is 14.3 Å². The van der Waals surface area contributed by atoms with Crippen LogP contribution < -0.4 is 10.6 Å². The zero-order valence-corrected chi connectivity index (χ0v) is 19.3. The smallest absolute Gasteiger partial charge is 0.309 e. The average Bonchev–Trinajstić information content (AvgIpc) is 2.81. The SMILES string of the molecule is CC(OC(=O)CC(NC(=O)c1ccccc1)c1ccccc1)C(=O)Nc1ccc(Cl)cc1Cl. The Kier molecular flexibility index (Phi) is 8.46. The molecule has 0 spiro atoms. The van der Waals surface area contributed by atoms with Crippen molar-refractivity contribution in [1.82, 2.24) is 5.32 Å².